The summed E-state index contributed by atoms with van der Waals surface area (Å²) >= 11 is 0. The molecular weight excluding hydrogens is 244 g/mol. The number of hydrogen-bond acceptors (Lipinski definition) is 4. The second kappa shape index (κ2) is 6.20. The van der Waals surface area contributed by atoms with Crippen LogP contribution in [0, 0.1) is 0 Å². The summed E-state index contributed by atoms with van der Waals surface area (Å²) in [6, 6.07) is 0. The molecule has 19 heavy (non-hydrogen) atoms. The number of carbonyl (C=O) groups is 1. The van der Waals surface area contributed by atoms with Crippen LogP contribution in [0.25, 0.3) is 0 Å². The summed E-state index contributed by atoms with van der Waals surface area (Å²) in [4.78, 5) is 14.2. The molecule has 0 bridgehead atoms. The minimum absolute atomic E-state index is 0.0459. The number of hydrogen-bond donors (Lipinski definition) is 1. The largest absolute Gasteiger partial charge is 0.378 e. The first kappa shape index (κ1) is 14.8. The quantitative estimate of drug-likeness (QED) is 0.824. The number of morpholine rings is 1. The fourth-order valence-corrected chi connectivity index (χ4v) is 2.92. The van der Waals surface area contributed by atoms with Gasteiger partial charge in [-0.15, -0.1) is 0 Å². The van der Waals surface area contributed by atoms with E-state index in [1.54, 1.807) is 0 Å². The zero-order valence-corrected chi connectivity index (χ0v) is 12.1. The van der Waals surface area contributed by atoms with Gasteiger partial charge in [-0.3, -0.25) is 4.79 Å². The molecule has 2 atom stereocenters. The van der Waals surface area contributed by atoms with Crippen molar-refractivity contribution >= 4 is 5.91 Å². The summed E-state index contributed by atoms with van der Waals surface area (Å²) in [5.41, 5.74) is 5.37. The van der Waals surface area contributed by atoms with Crippen LogP contribution in [-0.2, 0) is 14.3 Å². The molecule has 0 aromatic rings. The van der Waals surface area contributed by atoms with E-state index in [2.05, 4.69) is 0 Å². The third-order valence-corrected chi connectivity index (χ3v) is 3.80. The molecule has 2 rings (SSSR count). The molecule has 0 aliphatic carbocycles. The molecule has 2 heterocycles. The maximum atomic E-state index is 12.3. The Hall–Kier alpha value is -0.650. The van der Waals surface area contributed by atoms with Crippen LogP contribution in [0.5, 0.6) is 0 Å². The predicted molar refractivity (Wildman–Crippen MR) is 72.8 cm³/mol. The van der Waals surface area contributed by atoms with E-state index in [-0.39, 0.29) is 23.7 Å². The summed E-state index contributed by atoms with van der Waals surface area (Å²) < 4.78 is 11.4. The van der Waals surface area contributed by atoms with Crippen LogP contribution in [0.2, 0.25) is 0 Å². The van der Waals surface area contributed by atoms with Crippen LogP contribution in [0.15, 0.2) is 0 Å². The van der Waals surface area contributed by atoms with E-state index in [0.717, 1.165) is 25.9 Å². The number of amides is 1. The predicted octanol–water partition coefficient (Wildman–Crippen LogP) is 0.910. The Morgan fingerprint density at radius 1 is 1.42 bits per heavy atom. The van der Waals surface area contributed by atoms with Crippen molar-refractivity contribution in [1.29, 1.82) is 0 Å². The average Bonchev–Trinajstić information content (AvgIpc) is 2.87. The Bertz CT molecular complexity index is 314. The van der Waals surface area contributed by atoms with Gasteiger partial charge in [0.05, 0.1) is 17.8 Å². The van der Waals surface area contributed by atoms with E-state index in [0.29, 0.717) is 26.1 Å². The molecule has 5 nitrogen and oxygen atoms in total. The third-order valence-electron chi connectivity index (χ3n) is 3.80. The van der Waals surface area contributed by atoms with Crippen LogP contribution < -0.4 is 5.73 Å². The Kier molecular flexibility index (Phi) is 4.81. The highest BCUT2D eigenvalue weighted by molar-refractivity contribution is 5.76. The summed E-state index contributed by atoms with van der Waals surface area (Å²) in [6.45, 7) is 6.58. The van der Waals surface area contributed by atoms with E-state index >= 15 is 0 Å². The monoisotopic (exact) mass is 270 g/mol. The topological polar surface area (TPSA) is 64.8 Å². The number of ether oxygens (including phenoxy) is 2. The van der Waals surface area contributed by atoms with Crippen LogP contribution >= 0.6 is 0 Å². The summed E-state index contributed by atoms with van der Waals surface area (Å²) in [7, 11) is 0. The maximum absolute atomic E-state index is 12.3. The molecule has 2 unspecified atom stereocenters. The smallest absolute Gasteiger partial charge is 0.222 e. The molecule has 1 amide bonds. The van der Waals surface area contributed by atoms with Gasteiger partial charge in [0.25, 0.3) is 0 Å². The fourth-order valence-electron chi connectivity index (χ4n) is 2.92. The first-order chi connectivity index (χ1) is 9.00. The molecule has 0 aromatic carbocycles. The van der Waals surface area contributed by atoms with Gasteiger partial charge in [0.15, 0.2) is 0 Å². The lowest BCUT2D eigenvalue weighted by Crippen LogP contribution is -2.56. The summed E-state index contributed by atoms with van der Waals surface area (Å²) in [6.07, 6.45) is 3.85. The highest BCUT2D eigenvalue weighted by Gasteiger charge is 2.35. The molecule has 0 saturated carbocycles. The van der Waals surface area contributed by atoms with Crippen molar-refractivity contribution in [3.05, 3.63) is 0 Å². The van der Waals surface area contributed by atoms with Crippen molar-refractivity contribution in [2.45, 2.75) is 57.3 Å². The van der Waals surface area contributed by atoms with Gasteiger partial charge < -0.3 is 20.1 Å². The molecule has 2 saturated heterocycles. The molecule has 0 radical (unpaired) electrons. The summed E-state index contributed by atoms with van der Waals surface area (Å²) in [5.74, 6) is 0.199. The van der Waals surface area contributed by atoms with Crippen molar-refractivity contribution in [1.82, 2.24) is 4.90 Å². The van der Waals surface area contributed by atoms with Gasteiger partial charge in [-0.05, 0) is 33.1 Å². The molecule has 2 aliphatic heterocycles. The average molecular weight is 270 g/mol. The van der Waals surface area contributed by atoms with Crippen LogP contribution in [0.4, 0.5) is 0 Å². The second-order valence-electron chi connectivity index (χ2n) is 6.18. The van der Waals surface area contributed by atoms with E-state index in [1.165, 1.54) is 0 Å². The highest BCUT2D eigenvalue weighted by Crippen LogP contribution is 2.22. The van der Waals surface area contributed by atoms with Gasteiger partial charge in [-0.25, -0.2) is 0 Å². The lowest BCUT2D eigenvalue weighted by Gasteiger charge is -2.42. The Morgan fingerprint density at radius 2 is 2.21 bits per heavy atom. The van der Waals surface area contributed by atoms with Crippen molar-refractivity contribution in [2.24, 2.45) is 5.73 Å². The van der Waals surface area contributed by atoms with Crippen LogP contribution in [0.3, 0.4) is 0 Å². The van der Waals surface area contributed by atoms with Crippen LogP contribution in [-0.4, -0.2) is 54.9 Å². The first-order valence-corrected chi connectivity index (χ1v) is 7.27. The molecule has 110 valence electrons. The zero-order valence-electron chi connectivity index (χ0n) is 12.1. The van der Waals surface area contributed by atoms with Gasteiger partial charge in [0.2, 0.25) is 5.91 Å². The van der Waals surface area contributed by atoms with Crippen molar-refractivity contribution < 1.29 is 14.3 Å². The third kappa shape index (κ3) is 4.16. The fraction of sp³-hybridized carbons (Fsp3) is 0.929. The van der Waals surface area contributed by atoms with E-state index in [4.69, 9.17) is 15.2 Å². The standard InChI is InChI=1S/C14H26N2O3/c1-14(2)10-16(9-12(8-15)19-14)13(17)6-5-11-4-3-7-18-11/h11-12H,3-10,15H2,1-2H3. The lowest BCUT2D eigenvalue weighted by atomic mass is 10.0. The molecule has 2 fully saturated rings. The Labute approximate surface area is 115 Å². The Balaban J connectivity index is 1.83. The summed E-state index contributed by atoms with van der Waals surface area (Å²) in [5, 5.41) is 0. The van der Waals surface area contributed by atoms with Crippen LogP contribution in [0.1, 0.15) is 39.5 Å². The van der Waals surface area contributed by atoms with E-state index < -0.39 is 0 Å². The zero-order chi connectivity index (χ0) is 13.9. The molecule has 0 aromatic heterocycles. The lowest BCUT2D eigenvalue weighted by molar-refractivity contribution is -0.159. The second-order valence-corrected chi connectivity index (χ2v) is 6.18. The van der Waals surface area contributed by atoms with Gasteiger partial charge in [0.1, 0.15) is 0 Å². The van der Waals surface area contributed by atoms with Crippen molar-refractivity contribution in [2.75, 3.05) is 26.2 Å². The maximum Gasteiger partial charge on any atom is 0.222 e. The molecule has 2 aliphatic rings. The van der Waals surface area contributed by atoms with Gasteiger partial charge in [0, 0.05) is 32.7 Å². The van der Waals surface area contributed by atoms with Crippen molar-refractivity contribution in [3.8, 4) is 0 Å². The molecule has 2 N–H and O–H groups in total. The molecule has 5 heteroatoms. The van der Waals surface area contributed by atoms with E-state index in [9.17, 15) is 4.79 Å². The Morgan fingerprint density at radius 3 is 2.84 bits per heavy atom. The van der Waals surface area contributed by atoms with Gasteiger partial charge >= 0.3 is 0 Å². The minimum Gasteiger partial charge on any atom is -0.378 e. The first-order valence-electron chi connectivity index (χ1n) is 7.27. The minimum atomic E-state index is -0.304. The van der Waals surface area contributed by atoms with Gasteiger partial charge in [-0.2, -0.15) is 0 Å². The number of rotatable bonds is 4. The highest BCUT2D eigenvalue weighted by atomic mass is 16.5. The molecule has 0 spiro atoms. The molecular formula is C14H26N2O3. The number of nitrogens with two attached hydrogens (primary N) is 1. The van der Waals surface area contributed by atoms with Gasteiger partial charge in [-0.1, -0.05) is 0 Å². The SMILES string of the molecule is CC1(C)CN(C(=O)CCC2CCCO2)CC(CN)O1. The van der Waals surface area contributed by atoms with Crippen molar-refractivity contribution in [3.63, 3.8) is 0 Å². The number of nitrogens with zero attached hydrogens (tertiary/aromatic N) is 1. The normalized spacial score (nSPS) is 30.6. The number of carbonyl (C=O) groups excluding carboxylic acids is 1. The van der Waals surface area contributed by atoms with E-state index in [1.807, 2.05) is 18.7 Å².